The van der Waals surface area contributed by atoms with Crippen molar-refractivity contribution in [3.63, 3.8) is 0 Å². The molecule has 4 aliphatic heterocycles. The summed E-state index contributed by atoms with van der Waals surface area (Å²) >= 11 is 0. The van der Waals surface area contributed by atoms with Crippen LogP contribution >= 0.6 is 0 Å². The Morgan fingerprint density at radius 3 is 1.80 bits per heavy atom. The highest BCUT2D eigenvalue weighted by atomic mass is 16.6. The van der Waals surface area contributed by atoms with Gasteiger partial charge < -0.3 is 43.7 Å². The highest BCUT2D eigenvalue weighted by Crippen LogP contribution is 2.43. The number of ether oxygens (including phenoxy) is 5. The molecule has 4 aliphatic rings. The lowest BCUT2D eigenvalue weighted by Crippen LogP contribution is -2.50. The largest absolute Gasteiger partial charge is 0.493 e. The maximum Gasteiger partial charge on any atom is 0.416 e. The van der Waals surface area contributed by atoms with Gasteiger partial charge in [0.1, 0.15) is 19.0 Å². The Kier molecular flexibility index (Phi) is 13.9. The molecule has 0 bridgehead atoms. The minimum atomic E-state index is -1.47. The number of rotatable bonds is 14. The normalized spacial score (nSPS) is 20.2. The minimum absolute atomic E-state index is 0.0582. The zero-order chi connectivity index (χ0) is 45.7. The van der Waals surface area contributed by atoms with Crippen LogP contribution in [0.15, 0.2) is 109 Å². The van der Waals surface area contributed by atoms with Crippen molar-refractivity contribution < 1.29 is 53.1 Å². The molecule has 4 atom stereocenters. The predicted molar refractivity (Wildman–Crippen MR) is 239 cm³/mol. The van der Waals surface area contributed by atoms with Crippen LogP contribution in [0.2, 0.25) is 0 Å². The number of carbonyl (C=O) groups excluding carboxylic acids is 4. The summed E-state index contributed by atoms with van der Waals surface area (Å²) in [5.41, 5.74) is 4.69. The summed E-state index contributed by atoms with van der Waals surface area (Å²) < 4.78 is 29.2. The summed E-state index contributed by atoms with van der Waals surface area (Å²) in [4.78, 5) is 60.7. The number of aryl methyl sites for hydroxylation is 2. The summed E-state index contributed by atoms with van der Waals surface area (Å²) in [6.07, 6.45) is 9.41. The van der Waals surface area contributed by atoms with Gasteiger partial charge in [-0.05, 0) is 80.0 Å². The van der Waals surface area contributed by atoms with Gasteiger partial charge in [-0.3, -0.25) is 9.59 Å². The van der Waals surface area contributed by atoms with E-state index in [1.54, 1.807) is 31.5 Å². The SMILES string of the molecule is C=CCOC(=O)N1c2cc(OCCCOc3cc4c(cc3OC)C(=O)N3C=C(/C=C/C)C[C@H]3[C@H](O)N4C(=O)OCc3ccc(CC)cc3)c(C)cc2C(=O)N2C=C(/C=C/C)C[C@H]2[C@@H]1O. The first-order valence-electron chi connectivity index (χ1n) is 21.3. The molecule has 0 radical (unpaired) electrons. The molecule has 3 aromatic rings. The fraction of sp³-hybridized carbons (Fsp3) is 0.347. The van der Waals surface area contributed by atoms with Gasteiger partial charge in [0, 0.05) is 31.0 Å². The van der Waals surface area contributed by atoms with Gasteiger partial charge >= 0.3 is 12.2 Å². The van der Waals surface area contributed by atoms with E-state index in [1.165, 1.54) is 35.1 Å². The average Bonchev–Trinajstić information content (AvgIpc) is 3.89. The quantitative estimate of drug-likeness (QED) is 0.120. The summed E-state index contributed by atoms with van der Waals surface area (Å²) in [5.74, 6) is -0.0199. The second kappa shape index (κ2) is 19.7. The third-order valence-corrected chi connectivity index (χ3v) is 11.5. The molecule has 336 valence electrons. The monoisotopic (exact) mass is 874 g/mol. The summed E-state index contributed by atoms with van der Waals surface area (Å²) in [5, 5.41) is 23.5. The standard InChI is InChI=1S/C49H54N4O11/c1-7-12-33-22-39-46(56)52(48(58)63-18-9-3)37-25-41(30(5)21-35(37)44(54)50(39)27-33)61-19-11-20-62-43-26-38-36(24-42(43)60-6)45(55)51-28-34(13-8-2)23-40(51)47(57)53(38)49(59)64-29-32-16-14-31(10-4)15-17-32/h7-9,12-17,21,24-28,39-40,46-47,56-57H,3,10-11,18-20,22-23,29H2,1-2,4-6H3/b12-7+,13-8+/t39-,40-,46-,47-/m0/s1. The summed E-state index contributed by atoms with van der Waals surface area (Å²) in [7, 11) is 1.44. The van der Waals surface area contributed by atoms with E-state index < -0.39 is 42.6 Å². The van der Waals surface area contributed by atoms with Crippen molar-refractivity contribution in [3.8, 4) is 17.2 Å². The number of carbonyl (C=O) groups is 4. The van der Waals surface area contributed by atoms with Gasteiger partial charge in [-0.1, -0.05) is 68.1 Å². The summed E-state index contributed by atoms with van der Waals surface area (Å²) in [6, 6.07) is 12.3. The number of aliphatic hydroxyl groups excluding tert-OH is 2. The lowest BCUT2D eigenvalue weighted by Gasteiger charge is -2.31. The zero-order valence-corrected chi connectivity index (χ0v) is 36.7. The lowest BCUT2D eigenvalue weighted by molar-refractivity contribution is 0.0545. The Morgan fingerprint density at radius 1 is 0.750 bits per heavy atom. The van der Waals surface area contributed by atoms with Gasteiger partial charge in [0.25, 0.3) is 11.8 Å². The van der Waals surface area contributed by atoms with Crippen LogP contribution in [0.1, 0.15) is 77.4 Å². The fourth-order valence-electron chi connectivity index (χ4n) is 8.33. The van der Waals surface area contributed by atoms with Crippen LogP contribution in [0.25, 0.3) is 0 Å². The first-order valence-corrected chi connectivity index (χ1v) is 21.3. The number of nitrogens with zero attached hydrogens (tertiary/aromatic N) is 4. The second-order valence-corrected chi connectivity index (χ2v) is 15.7. The Hall–Kier alpha value is -6.84. The van der Waals surface area contributed by atoms with E-state index in [0.717, 1.165) is 38.5 Å². The highest BCUT2D eigenvalue weighted by molar-refractivity contribution is 6.07. The highest BCUT2D eigenvalue weighted by Gasteiger charge is 2.47. The van der Waals surface area contributed by atoms with Gasteiger partial charge in [-0.15, -0.1) is 0 Å². The van der Waals surface area contributed by atoms with Crippen LogP contribution in [-0.4, -0.2) is 95.5 Å². The van der Waals surface area contributed by atoms with Crippen molar-refractivity contribution in [3.05, 3.63) is 137 Å². The maximum absolute atomic E-state index is 14.2. The number of benzene rings is 3. The number of hydrogen-bond donors (Lipinski definition) is 2. The minimum Gasteiger partial charge on any atom is -0.493 e. The molecule has 0 saturated carbocycles. The molecule has 4 heterocycles. The van der Waals surface area contributed by atoms with Crippen molar-refractivity contribution in [1.82, 2.24) is 9.80 Å². The molecule has 3 aromatic carbocycles. The maximum atomic E-state index is 14.2. The fourth-order valence-corrected chi connectivity index (χ4v) is 8.33. The lowest BCUT2D eigenvalue weighted by atomic mass is 10.1. The molecule has 15 nitrogen and oxygen atoms in total. The molecule has 7 rings (SSSR count). The zero-order valence-electron chi connectivity index (χ0n) is 36.7. The van der Waals surface area contributed by atoms with Crippen LogP contribution in [-0.2, 0) is 22.5 Å². The second-order valence-electron chi connectivity index (χ2n) is 15.7. The van der Waals surface area contributed by atoms with E-state index in [2.05, 4.69) is 13.5 Å². The number of aliphatic hydroxyl groups is 2. The van der Waals surface area contributed by atoms with E-state index in [9.17, 15) is 29.4 Å². The number of hydrogen-bond acceptors (Lipinski definition) is 11. The third-order valence-electron chi connectivity index (χ3n) is 11.5. The molecule has 0 fully saturated rings. The van der Waals surface area contributed by atoms with E-state index >= 15 is 0 Å². The Bertz CT molecular complexity index is 2420. The van der Waals surface area contributed by atoms with Crippen molar-refractivity contribution >= 4 is 35.4 Å². The van der Waals surface area contributed by atoms with Crippen LogP contribution in [0.4, 0.5) is 21.0 Å². The van der Waals surface area contributed by atoms with Gasteiger partial charge in [0.15, 0.2) is 24.0 Å². The van der Waals surface area contributed by atoms with Gasteiger partial charge in [0.2, 0.25) is 0 Å². The predicted octanol–water partition coefficient (Wildman–Crippen LogP) is 7.70. The molecule has 0 aromatic heterocycles. The van der Waals surface area contributed by atoms with Crippen LogP contribution < -0.4 is 24.0 Å². The van der Waals surface area contributed by atoms with Crippen LogP contribution in [0.5, 0.6) is 17.2 Å². The Labute approximate surface area is 372 Å². The smallest absolute Gasteiger partial charge is 0.416 e. The number of anilines is 2. The average molecular weight is 875 g/mol. The van der Waals surface area contributed by atoms with Crippen LogP contribution in [0, 0.1) is 6.92 Å². The molecule has 0 unspecified atom stereocenters. The van der Waals surface area contributed by atoms with E-state index in [1.807, 2.05) is 62.4 Å². The Morgan fingerprint density at radius 2 is 1.27 bits per heavy atom. The molecule has 64 heavy (non-hydrogen) atoms. The first-order chi connectivity index (χ1) is 30.9. The van der Waals surface area contributed by atoms with E-state index in [4.69, 9.17) is 23.7 Å². The van der Waals surface area contributed by atoms with Gasteiger partial charge in [-0.2, -0.15) is 0 Å². The molecule has 15 heteroatoms. The molecule has 0 aliphatic carbocycles. The molecule has 2 N–H and O–H groups in total. The van der Waals surface area contributed by atoms with Crippen molar-refractivity contribution in [1.29, 1.82) is 0 Å². The number of methoxy groups -OCH3 is 1. The number of fused-ring (bicyclic) bond motifs is 4. The topological polar surface area (TPSA) is 168 Å². The molecule has 0 saturated heterocycles. The van der Waals surface area contributed by atoms with Crippen LogP contribution in [0.3, 0.4) is 0 Å². The van der Waals surface area contributed by atoms with Crippen molar-refractivity contribution in [2.24, 2.45) is 0 Å². The molecular formula is C49H54N4O11. The first kappa shape index (κ1) is 45.2. The molecule has 0 spiro atoms. The third kappa shape index (κ3) is 8.99. The summed E-state index contributed by atoms with van der Waals surface area (Å²) in [6.45, 7) is 11.2. The van der Waals surface area contributed by atoms with E-state index in [0.29, 0.717) is 30.6 Å². The van der Waals surface area contributed by atoms with Crippen molar-refractivity contribution in [2.75, 3.05) is 36.7 Å². The Balaban J connectivity index is 1.11. The molecule has 4 amide bonds. The van der Waals surface area contributed by atoms with Gasteiger partial charge in [0.05, 0.1) is 54.9 Å². The number of allylic oxidation sites excluding steroid dienone is 4. The molecular weight excluding hydrogens is 821 g/mol. The van der Waals surface area contributed by atoms with Gasteiger partial charge in [-0.25, -0.2) is 19.4 Å². The number of amides is 4. The van der Waals surface area contributed by atoms with E-state index in [-0.39, 0.29) is 66.3 Å². The van der Waals surface area contributed by atoms with Crippen molar-refractivity contribution in [2.45, 2.75) is 84.5 Å².